The highest BCUT2D eigenvalue weighted by molar-refractivity contribution is 7.90. The minimum absolute atomic E-state index is 0.189. The van der Waals surface area contributed by atoms with E-state index >= 15 is 0 Å². The Morgan fingerprint density at radius 2 is 1.88 bits per heavy atom. The van der Waals surface area contributed by atoms with Gasteiger partial charge in [-0.2, -0.15) is 0 Å². The SMILES string of the molecule is CS(=O)(=O)c1ccc(-c2ncc3c(n2)CC(C2CCNCC2)O3)cc1. The predicted octanol–water partition coefficient (Wildman–Crippen LogP) is 1.85. The Labute approximate surface area is 147 Å². The molecule has 2 aliphatic heterocycles. The van der Waals surface area contributed by atoms with Gasteiger partial charge in [-0.25, -0.2) is 18.4 Å². The Morgan fingerprint density at radius 3 is 2.56 bits per heavy atom. The summed E-state index contributed by atoms with van der Waals surface area (Å²) in [5.74, 6) is 1.95. The van der Waals surface area contributed by atoms with Crippen LogP contribution in [0.25, 0.3) is 11.4 Å². The Hall–Kier alpha value is -1.99. The maximum Gasteiger partial charge on any atom is 0.175 e. The summed E-state index contributed by atoms with van der Waals surface area (Å²) in [6.07, 6.45) is 6.21. The molecule has 1 aromatic carbocycles. The van der Waals surface area contributed by atoms with Crippen molar-refractivity contribution in [3.63, 3.8) is 0 Å². The van der Waals surface area contributed by atoms with Gasteiger partial charge in [-0.15, -0.1) is 0 Å². The third-order valence-corrected chi connectivity index (χ3v) is 6.08. The van der Waals surface area contributed by atoms with Gasteiger partial charge >= 0.3 is 0 Å². The van der Waals surface area contributed by atoms with Crippen molar-refractivity contribution < 1.29 is 13.2 Å². The van der Waals surface area contributed by atoms with Crippen LogP contribution in [0.15, 0.2) is 35.4 Å². The van der Waals surface area contributed by atoms with Crippen LogP contribution in [0.5, 0.6) is 5.75 Å². The molecule has 1 fully saturated rings. The largest absolute Gasteiger partial charge is 0.486 e. The van der Waals surface area contributed by atoms with E-state index in [1.54, 1.807) is 30.5 Å². The maximum absolute atomic E-state index is 11.6. The topological polar surface area (TPSA) is 81.2 Å². The predicted molar refractivity (Wildman–Crippen MR) is 94.3 cm³/mol. The molecule has 2 aliphatic rings. The molecule has 4 rings (SSSR count). The fourth-order valence-electron chi connectivity index (χ4n) is 3.52. The van der Waals surface area contributed by atoms with E-state index in [9.17, 15) is 8.42 Å². The third-order valence-electron chi connectivity index (χ3n) is 4.95. The molecule has 1 unspecified atom stereocenters. The first kappa shape index (κ1) is 16.5. The van der Waals surface area contributed by atoms with Crippen molar-refractivity contribution in [1.82, 2.24) is 15.3 Å². The summed E-state index contributed by atoms with van der Waals surface area (Å²) in [6.45, 7) is 2.09. The summed E-state index contributed by atoms with van der Waals surface area (Å²) in [5.41, 5.74) is 1.75. The van der Waals surface area contributed by atoms with Gasteiger partial charge in [0.1, 0.15) is 6.10 Å². The number of hydrogen-bond donors (Lipinski definition) is 1. The van der Waals surface area contributed by atoms with Gasteiger partial charge in [-0.1, -0.05) is 0 Å². The van der Waals surface area contributed by atoms with E-state index in [0.717, 1.165) is 49.4 Å². The molecule has 1 atom stereocenters. The molecule has 1 N–H and O–H groups in total. The molecule has 132 valence electrons. The molecule has 0 radical (unpaired) electrons. The molecule has 1 saturated heterocycles. The van der Waals surface area contributed by atoms with Crippen LogP contribution in [0.4, 0.5) is 0 Å². The molecule has 2 aromatic rings. The van der Waals surface area contributed by atoms with Crippen molar-refractivity contribution in [2.75, 3.05) is 19.3 Å². The van der Waals surface area contributed by atoms with E-state index in [0.29, 0.717) is 16.6 Å². The number of benzene rings is 1. The Kier molecular flexibility index (Phi) is 4.21. The van der Waals surface area contributed by atoms with Gasteiger partial charge in [0.25, 0.3) is 0 Å². The molecule has 7 heteroatoms. The Bertz CT molecular complexity index is 875. The number of piperidine rings is 1. The van der Waals surface area contributed by atoms with Crippen LogP contribution in [-0.4, -0.2) is 43.8 Å². The quantitative estimate of drug-likeness (QED) is 0.901. The van der Waals surface area contributed by atoms with Crippen molar-refractivity contribution in [1.29, 1.82) is 0 Å². The van der Waals surface area contributed by atoms with Gasteiger partial charge in [0.05, 0.1) is 16.8 Å². The summed E-state index contributed by atoms with van der Waals surface area (Å²) in [4.78, 5) is 9.35. The summed E-state index contributed by atoms with van der Waals surface area (Å²) < 4.78 is 29.2. The highest BCUT2D eigenvalue weighted by atomic mass is 32.2. The number of nitrogens with one attached hydrogen (secondary N) is 1. The second-order valence-corrected chi connectivity index (χ2v) is 8.76. The van der Waals surface area contributed by atoms with Gasteiger partial charge < -0.3 is 10.1 Å². The van der Waals surface area contributed by atoms with Gasteiger partial charge in [-0.05, 0) is 56.1 Å². The van der Waals surface area contributed by atoms with Crippen molar-refractivity contribution in [3.05, 3.63) is 36.2 Å². The van der Waals surface area contributed by atoms with E-state index < -0.39 is 9.84 Å². The van der Waals surface area contributed by atoms with E-state index in [1.165, 1.54) is 6.26 Å². The lowest BCUT2D eigenvalue weighted by atomic mass is 9.90. The number of hydrogen-bond acceptors (Lipinski definition) is 6. The molecular weight excluding hydrogens is 338 g/mol. The second-order valence-electron chi connectivity index (χ2n) is 6.75. The average Bonchev–Trinajstić information content (AvgIpc) is 3.05. The highest BCUT2D eigenvalue weighted by Gasteiger charge is 2.32. The van der Waals surface area contributed by atoms with Crippen molar-refractivity contribution >= 4 is 9.84 Å². The van der Waals surface area contributed by atoms with Crippen LogP contribution in [-0.2, 0) is 16.3 Å². The third kappa shape index (κ3) is 3.39. The fraction of sp³-hybridized carbons (Fsp3) is 0.444. The molecule has 6 nitrogen and oxygen atoms in total. The standard InChI is InChI=1S/C18H21N3O3S/c1-25(22,23)14-4-2-13(3-5-14)18-20-11-17-15(21-18)10-16(24-17)12-6-8-19-9-7-12/h2-5,11-12,16,19H,6-10H2,1H3. The summed E-state index contributed by atoms with van der Waals surface area (Å²) in [6, 6.07) is 6.68. The molecular formula is C18H21N3O3S. The zero-order valence-corrected chi connectivity index (χ0v) is 14.9. The lowest BCUT2D eigenvalue weighted by Gasteiger charge is -2.27. The first-order valence-electron chi connectivity index (χ1n) is 8.54. The minimum atomic E-state index is -3.20. The molecule has 1 aromatic heterocycles. The minimum Gasteiger partial charge on any atom is -0.486 e. The molecule has 0 bridgehead atoms. The molecule has 0 spiro atoms. The van der Waals surface area contributed by atoms with E-state index in [2.05, 4.69) is 15.3 Å². The van der Waals surface area contributed by atoms with E-state index in [1.807, 2.05) is 0 Å². The van der Waals surface area contributed by atoms with Gasteiger partial charge in [0.2, 0.25) is 0 Å². The first-order chi connectivity index (χ1) is 12.0. The number of fused-ring (bicyclic) bond motifs is 1. The van der Waals surface area contributed by atoms with Crippen LogP contribution in [0.3, 0.4) is 0 Å². The van der Waals surface area contributed by atoms with Crippen LogP contribution in [0.1, 0.15) is 18.5 Å². The van der Waals surface area contributed by atoms with E-state index in [-0.39, 0.29) is 6.10 Å². The summed E-state index contributed by atoms with van der Waals surface area (Å²) >= 11 is 0. The molecule has 0 amide bonds. The fourth-order valence-corrected chi connectivity index (χ4v) is 4.15. The van der Waals surface area contributed by atoms with Crippen LogP contribution in [0, 0.1) is 5.92 Å². The van der Waals surface area contributed by atoms with Crippen molar-refractivity contribution in [2.45, 2.75) is 30.3 Å². The Balaban J connectivity index is 1.55. The first-order valence-corrected chi connectivity index (χ1v) is 10.4. The average molecular weight is 359 g/mol. The number of ether oxygens (including phenoxy) is 1. The second kappa shape index (κ2) is 6.38. The zero-order valence-electron chi connectivity index (χ0n) is 14.1. The van der Waals surface area contributed by atoms with Crippen LogP contribution < -0.4 is 10.1 Å². The van der Waals surface area contributed by atoms with Crippen LogP contribution in [0.2, 0.25) is 0 Å². The number of nitrogens with zero attached hydrogens (tertiary/aromatic N) is 2. The van der Waals surface area contributed by atoms with Crippen molar-refractivity contribution in [3.8, 4) is 17.1 Å². The van der Waals surface area contributed by atoms with Gasteiger partial charge in [-0.3, -0.25) is 0 Å². The molecule has 0 aliphatic carbocycles. The normalized spacial score (nSPS) is 20.9. The summed E-state index contributed by atoms with van der Waals surface area (Å²) in [5, 5.41) is 3.38. The highest BCUT2D eigenvalue weighted by Crippen LogP contribution is 2.34. The smallest absolute Gasteiger partial charge is 0.175 e. The summed E-state index contributed by atoms with van der Waals surface area (Å²) in [7, 11) is -3.20. The number of sulfone groups is 1. The molecule has 3 heterocycles. The van der Waals surface area contributed by atoms with E-state index in [4.69, 9.17) is 4.74 Å². The molecule has 0 saturated carbocycles. The van der Waals surface area contributed by atoms with Crippen LogP contribution >= 0.6 is 0 Å². The maximum atomic E-state index is 11.6. The number of rotatable bonds is 3. The van der Waals surface area contributed by atoms with Gasteiger partial charge in [0, 0.05) is 18.2 Å². The van der Waals surface area contributed by atoms with Gasteiger partial charge in [0.15, 0.2) is 21.4 Å². The van der Waals surface area contributed by atoms with Crippen molar-refractivity contribution in [2.24, 2.45) is 5.92 Å². The lowest BCUT2D eigenvalue weighted by Crippen LogP contribution is -2.36. The zero-order chi connectivity index (χ0) is 17.4. The Morgan fingerprint density at radius 1 is 1.16 bits per heavy atom. The molecule has 25 heavy (non-hydrogen) atoms. The lowest BCUT2D eigenvalue weighted by molar-refractivity contribution is 0.133. The monoisotopic (exact) mass is 359 g/mol. The number of aromatic nitrogens is 2.